The van der Waals surface area contributed by atoms with Gasteiger partial charge in [-0.25, -0.2) is 0 Å². The molecule has 3 nitrogen and oxygen atoms in total. The number of hydrogen-bond acceptors (Lipinski definition) is 3. The van der Waals surface area contributed by atoms with Gasteiger partial charge in [-0.05, 0) is 119 Å². The Hall–Kier alpha value is -0.120. The Morgan fingerprint density at radius 3 is 2.43 bits per heavy atom. The maximum absolute atomic E-state index is 10.2. The molecule has 0 unspecified atom stereocenters. The third-order valence-corrected chi connectivity index (χ3v) is 10.3. The van der Waals surface area contributed by atoms with E-state index in [1.165, 1.54) is 44.9 Å². The van der Waals surface area contributed by atoms with Crippen LogP contribution in [-0.2, 0) is 0 Å². The third kappa shape index (κ3) is 3.48. The lowest BCUT2D eigenvalue weighted by molar-refractivity contribution is -0.127. The molecule has 0 bridgehead atoms. The van der Waals surface area contributed by atoms with Crippen LogP contribution in [0.15, 0.2) is 0 Å². The summed E-state index contributed by atoms with van der Waals surface area (Å²) in [6, 6.07) is 0.642. The molecule has 4 rings (SSSR count). The number of hydrogen-bond donors (Lipinski definition) is 2. The molecule has 4 fully saturated rings. The highest BCUT2D eigenvalue weighted by Gasteiger charge is 2.60. The van der Waals surface area contributed by atoms with Crippen LogP contribution >= 0.6 is 0 Å². The van der Waals surface area contributed by atoms with Gasteiger partial charge in [-0.1, -0.05) is 13.8 Å². The summed E-state index contributed by atoms with van der Waals surface area (Å²) < 4.78 is 0. The van der Waals surface area contributed by atoms with Crippen LogP contribution < -0.4 is 5.32 Å². The van der Waals surface area contributed by atoms with E-state index in [2.05, 4.69) is 45.1 Å². The Kier molecular flexibility index (Phi) is 5.92. The normalized spacial score (nSPS) is 49.4. The highest BCUT2D eigenvalue weighted by molar-refractivity contribution is 5.10. The molecule has 4 aliphatic carbocycles. The van der Waals surface area contributed by atoms with Gasteiger partial charge < -0.3 is 15.3 Å². The van der Waals surface area contributed by atoms with Gasteiger partial charge in [-0.2, -0.15) is 0 Å². The summed E-state index contributed by atoms with van der Waals surface area (Å²) in [6.07, 6.45) is 12.0. The van der Waals surface area contributed by atoms with Gasteiger partial charge in [0.25, 0.3) is 0 Å². The van der Waals surface area contributed by atoms with E-state index < -0.39 is 0 Å². The van der Waals surface area contributed by atoms with Crippen LogP contribution in [0.4, 0.5) is 0 Å². The summed E-state index contributed by atoms with van der Waals surface area (Å²) in [5, 5.41) is 14.1. The Morgan fingerprint density at radius 1 is 0.964 bits per heavy atom. The van der Waals surface area contributed by atoms with E-state index in [4.69, 9.17) is 0 Å². The molecule has 2 N–H and O–H groups in total. The molecule has 28 heavy (non-hydrogen) atoms. The SMILES string of the molecule is C[C@H](NCCN(C)C)[C@H]1CC[C@H]2[C@@H]3CC[C@H]4C[C@@H](O)CC[C@]4(C)[C@H]3CC[C@]12C. The van der Waals surface area contributed by atoms with Crippen LogP contribution in [0.2, 0.25) is 0 Å². The Morgan fingerprint density at radius 2 is 1.68 bits per heavy atom. The van der Waals surface area contributed by atoms with Gasteiger partial charge >= 0.3 is 0 Å². The molecule has 0 amide bonds. The van der Waals surface area contributed by atoms with Crippen molar-refractivity contribution < 1.29 is 5.11 Å². The molecule has 0 aromatic rings. The first-order valence-corrected chi connectivity index (χ1v) is 12.3. The fourth-order valence-electron chi connectivity index (χ4n) is 8.76. The zero-order valence-corrected chi connectivity index (χ0v) is 19.2. The van der Waals surface area contributed by atoms with Crippen molar-refractivity contribution in [3.63, 3.8) is 0 Å². The summed E-state index contributed by atoms with van der Waals surface area (Å²) >= 11 is 0. The minimum atomic E-state index is -0.0200. The van der Waals surface area contributed by atoms with Gasteiger partial charge in [0.2, 0.25) is 0 Å². The van der Waals surface area contributed by atoms with E-state index in [9.17, 15) is 5.11 Å². The molecule has 4 aliphatic rings. The van der Waals surface area contributed by atoms with Crippen molar-refractivity contribution >= 4 is 0 Å². The van der Waals surface area contributed by atoms with Crippen molar-refractivity contribution in [1.82, 2.24) is 10.2 Å². The largest absolute Gasteiger partial charge is 0.393 e. The standard InChI is InChI=1S/C25H46N2O/c1-17(26-14-15-27(4)5)21-8-9-22-20-7-6-18-16-19(28)10-12-24(18,2)23(20)11-13-25(21,22)3/h17-23,26,28H,6-16H2,1-5H3/t17-,18-,19-,20-,21+,22-,23-,24-,25+/m0/s1. The molecule has 4 saturated carbocycles. The molecular weight excluding hydrogens is 344 g/mol. The number of nitrogens with one attached hydrogen (secondary N) is 1. The summed E-state index contributed by atoms with van der Waals surface area (Å²) in [7, 11) is 4.34. The summed E-state index contributed by atoms with van der Waals surface area (Å²) in [5.74, 6) is 4.45. The smallest absolute Gasteiger partial charge is 0.0543 e. The van der Waals surface area contributed by atoms with Gasteiger partial charge in [0.05, 0.1) is 6.10 Å². The molecule has 0 radical (unpaired) electrons. The second kappa shape index (κ2) is 7.85. The molecule has 0 aliphatic heterocycles. The highest BCUT2D eigenvalue weighted by Crippen LogP contribution is 2.67. The molecule has 9 atom stereocenters. The number of aliphatic hydroxyl groups excluding tert-OH is 1. The third-order valence-electron chi connectivity index (χ3n) is 10.3. The summed E-state index contributed by atoms with van der Waals surface area (Å²) in [5.41, 5.74) is 1.06. The number of fused-ring (bicyclic) bond motifs is 5. The van der Waals surface area contributed by atoms with Gasteiger partial charge in [0.15, 0.2) is 0 Å². The van der Waals surface area contributed by atoms with Crippen molar-refractivity contribution in [2.75, 3.05) is 27.2 Å². The van der Waals surface area contributed by atoms with E-state index >= 15 is 0 Å². The maximum atomic E-state index is 10.2. The van der Waals surface area contributed by atoms with E-state index in [1.807, 2.05) is 0 Å². The van der Waals surface area contributed by atoms with E-state index in [1.54, 1.807) is 0 Å². The zero-order chi connectivity index (χ0) is 20.1. The van der Waals surface area contributed by atoms with Crippen molar-refractivity contribution in [2.45, 2.75) is 90.7 Å². The average Bonchev–Trinajstić information content (AvgIpc) is 2.99. The molecule has 3 heteroatoms. The topological polar surface area (TPSA) is 35.5 Å². The fourth-order valence-corrected chi connectivity index (χ4v) is 8.76. The molecule has 0 aromatic heterocycles. The lowest BCUT2D eigenvalue weighted by Crippen LogP contribution is -2.55. The van der Waals surface area contributed by atoms with E-state index in [-0.39, 0.29) is 6.10 Å². The van der Waals surface area contributed by atoms with Crippen molar-refractivity contribution in [2.24, 2.45) is 40.4 Å². The highest BCUT2D eigenvalue weighted by atomic mass is 16.3. The van der Waals surface area contributed by atoms with Crippen LogP contribution in [0.1, 0.15) is 78.6 Å². The van der Waals surface area contributed by atoms with Crippen molar-refractivity contribution in [1.29, 1.82) is 0 Å². The quantitative estimate of drug-likeness (QED) is 0.723. The average molecular weight is 391 g/mol. The monoisotopic (exact) mass is 390 g/mol. The predicted octanol–water partition coefficient (Wildman–Crippen LogP) is 4.55. The Balaban J connectivity index is 1.46. The first-order chi connectivity index (χ1) is 13.3. The van der Waals surface area contributed by atoms with Crippen molar-refractivity contribution in [3.8, 4) is 0 Å². The molecule has 0 aromatic carbocycles. The van der Waals surface area contributed by atoms with Crippen LogP contribution in [-0.4, -0.2) is 49.3 Å². The first-order valence-electron chi connectivity index (χ1n) is 12.3. The van der Waals surface area contributed by atoms with Gasteiger partial charge in [0.1, 0.15) is 0 Å². The van der Waals surface area contributed by atoms with Gasteiger partial charge in [0, 0.05) is 19.1 Å². The minimum Gasteiger partial charge on any atom is -0.393 e. The molecule has 0 heterocycles. The van der Waals surface area contributed by atoms with Gasteiger partial charge in [-0.3, -0.25) is 0 Å². The second-order valence-corrected chi connectivity index (χ2v) is 11.9. The van der Waals surface area contributed by atoms with Crippen LogP contribution in [0, 0.1) is 40.4 Å². The fraction of sp³-hybridized carbons (Fsp3) is 1.00. The summed E-state index contributed by atoms with van der Waals surface area (Å²) in [6.45, 7) is 9.98. The Labute approximate surface area is 174 Å². The second-order valence-electron chi connectivity index (χ2n) is 11.9. The van der Waals surface area contributed by atoms with E-state index in [0.29, 0.717) is 16.9 Å². The van der Waals surface area contributed by atoms with Crippen LogP contribution in [0.3, 0.4) is 0 Å². The Bertz CT molecular complexity index is 551. The van der Waals surface area contributed by atoms with Crippen molar-refractivity contribution in [3.05, 3.63) is 0 Å². The predicted molar refractivity (Wildman–Crippen MR) is 117 cm³/mol. The number of nitrogens with zero attached hydrogens (tertiary/aromatic N) is 1. The molecular formula is C25H46N2O. The lowest BCUT2D eigenvalue weighted by atomic mass is 9.44. The number of aliphatic hydroxyl groups is 1. The molecule has 0 saturated heterocycles. The lowest BCUT2D eigenvalue weighted by Gasteiger charge is -2.61. The van der Waals surface area contributed by atoms with E-state index in [0.717, 1.165) is 55.5 Å². The van der Waals surface area contributed by atoms with Crippen LogP contribution in [0.25, 0.3) is 0 Å². The zero-order valence-electron chi connectivity index (χ0n) is 19.2. The minimum absolute atomic E-state index is 0.0200. The molecule has 162 valence electrons. The maximum Gasteiger partial charge on any atom is 0.0543 e. The summed E-state index contributed by atoms with van der Waals surface area (Å²) in [4.78, 5) is 2.28. The number of rotatable bonds is 5. The van der Waals surface area contributed by atoms with Gasteiger partial charge in [-0.15, -0.1) is 0 Å². The number of likely N-dealkylation sites (N-methyl/N-ethyl adjacent to an activating group) is 1. The van der Waals surface area contributed by atoms with Crippen LogP contribution in [0.5, 0.6) is 0 Å². The first kappa shape index (κ1) is 21.1. The molecule has 0 spiro atoms.